The zero-order valence-corrected chi connectivity index (χ0v) is 22.6. The SMILES string of the molecule is CC(C)(C)OC(=O)NC1CC2CC[C@@H](C1)C2S(=O)(=O)c1cc(C(=O)Nc2cc(F)c(F)c(F)c2)ccc1Cl. The summed E-state index contributed by atoms with van der Waals surface area (Å²) >= 11 is 6.27. The third-order valence-electron chi connectivity index (χ3n) is 6.83. The van der Waals surface area contributed by atoms with Crippen molar-refractivity contribution in [2.45, 2.75) is 68.2 Å². The second-order valence-corrected chi connectivity index (χ2v) is 13.3. The number of anilines is 1. The highest BCUT2D eigenvalue weighted by Crippen LogP contribution is 2.48. The molecule has 2 aromatic rings. The number of fused-ring (bicyclic) bond motifs is 2. The van der Waals surface area contributed by atoms with Gasteiger partial charge in [0.2, 0.25) is 0 Å². The second-order valence-electron chi connectivity index (χ2n) is 10.8. The fourth-order valence-electron chi connectivity index (χ4n) is 5.41. The van der Waals surface area contributed by atoms with Crippen LogP contribution in [0.4, 0.5) is 23.7 Å². The summed E-state index contributed by atoms with van der Waals surface area (Å²) in [6.07, 6.45) is 1.70. The van der Waals surface area contributed by atoms with Crippen LogP contribution in [0.25, 0.3) is 0 Å². The summed E-state index contributed by atoms with van der Waals surface area (Å²) in [5.74, 6) is -5.93. The lowest BCUT2D eigenvalue weighted by Crippen LogP contribution is -2.47. The summed E-state index contributed by atoms with van der Waals surface area (Å²) in [5.41, 5.74) is -1.10. The average Bonchev–Trinajstić information content (AvgIpc) is 3.08. The van der Waals surface area contributed by atoms with E-state index in [9.17, 15) is 31.2 Å². The number of alkyl carbamates (subject to hydrolysis) is 1. The number of nitrogens with one attached hydrogen (secondary N) is 2. The van der Waals surface area contributed by atoms with E-state index < -0.39 is 50.1 Å². The highest BCUT2D eigenvalue weighted by atomic mass is 35.5. The molecule has 4 rings (SSSR count). The zero-order chi connectivity index (χ0) is 28.0. The topological polar surface area (TPSA) is 102 Å². The number of ether oxygens (including phenoxy) is 1. The Balaban J connectivity index is 1.53. The van der Waals surface area contributed by atoms with Crippen LogP contribution < -0.4 is 10.6 Å². The first kappa shape index (κ1) is 28.2. The molecular weight excluding hydrogens is 545 g/mol. The first-order valence-electron chi connectivity index (χ1n) is 12.1. The van der Waals surface area contributed by atoms with Crippen molar-refractivity contribution in [2.75, 3.05) is 5.32 Å². The summed E-state index contributed by atoms with van der Waals surface area (Å²) in [7, 11) is -3.98. The maximum Gasteiger partial charge on any atom is 0.407 e. The van der Waals surface area contributed by atoms with Gasteiger partial charge in [0.1, 0.15) is 5.60 Å². The van der Waals surface area contributed by atoms with Gasteiger partial charge in [-0.05, 0) is 76.5 Å². The van der Waals surface area contributed by atoms with Crippen LogP contribution in [0.1, 0.15) is 56.8 Å². The second kappa shape index (κ2) is 10.4. The Labute approximate surface area is 224 Å². The van der Waals surface area contributed by atoms with Gasteiger partial charge in [-0.1, -0.05) is 11.6 Å². The number of sulfone groups is 1. The Hall–Kier alpha value is -2.79. The standard InChI is InChI=1S/C26H28ClF3N2O5S/c1-26(2,3)37-25(34)32-16-8-13-4-5-14(9-16)23(13)38(35,36)21-10-15(6-7-18(21)27)24(33)31-17-11-19(28)22(30)20(29)12-17/h6-7,10-14,16,23H,4-5,8-9H2,1-3H3,(H,31,33)(H,32,34)/t13-,14?,16?,23?/m0/s1. The van der Waals surface area contributed by atoms with Crippen LogP contribution in [0.3, 0.4) is 0 Å². The van der Waals surface area contributed by atoms with Gasteiger partial charge in [-0.2, -0.15) is 0 Å². The average molecular weight is 573 g/mol. The van der Waals surface area contributed by atoms with Crippen molar-refractivity contribution >= 4 is 39.1 Å². The van der Waals surface area contributed by atoms with E-state index in [4.69, 9.17) is 16.3 Å². The molecule has 7 nitrogen and oxygen atoms in total. The number of carbonyl (C=O) groups excluding carboxylic acids is 2. The Bertz CT molecular complexity index is 1340. The first-order valence-corrected chi connectivity index (χ1v) is 14.1. The molecule has 206 valence electrons. The van der Waals surface area contributed by atoms with Gasteiger partial charge >= 0.3 is 6.09 Å². The maximum atomic E-state index is 13.8. The summed E-state index contributed by atoms with van der Waals surface area (Å²) in [6.45, 7) is 5.27. The van der Waals surface area contributed by atoms with Gasteiger partial charge in [0, 0.05) is 29.4 Å². The fraction of sp³-hybridized carbons (Fsp3) is 0.462. The molecule has 12 heteroatoms. The minimum absolute atomic E-state index is 0.0613. The summed E-state index contributed by atoms with van der Waals surface area (Å²) in [6, 6.07) is 4.69. The van der Waals surface area contributed by atoms with Crippen LogP contribution in [0, 0.1) is 29.3 Å². The predicted molar refractivity (Wildman–Crippen MR) is 135 cm³/mol. The number of carbonyl (C=O) groups is 2. The van der Waals surface area contributed by atoms with Gasteiger partial charge in [0.15, 0.2) is 27.3 Å². The van der Waals surface area contributed by atoms with Gasteiger partial charge in [-0.15, -0.1) is 0 Å². The number of hydrogen-bond acceptors (Lipinski definition) is 5. The molecule has 0 saturated heterocycles. The molecular formula is C26H28ClF3N2O5S. The van der Waals surface area contributed by atoms with Gasteiger partial charge in [0.25, 0.3) is 5.91 Å². The van der Waals surface area contributed by atoms with Crippen molar-refractivity contribution in [1.82, 2.24) is 5.32 Å². The Morgan fingerprint density at radius 3 is 2.13 bits per heavy atom. The number of hydrogen-bond donors (Lipinski definition) is 2. The summed E-state index contributed by atoms with van der Waals surface area (Å²) in [4.78, 5) is 24.7. The van der Waals surface area contributed by atoms with E-state index >= 15 is 0 Å². The minimum Gasteiger partial charge on any atom is -0.444 e. The summed E-state index contributed by atoms with van der Waals surface area (Å²) < 4.78 is 73.2. The quantitative estimate of drug-likeness (QED) is 0.437. The zero-order valence-electron chi connectivity index (χ0n) is 21.0. The van der Waals surface area contributed by atoms with Crippen LogP contribution >= 0.6 is 11.6 Å². The molecule has 0 aliphatic heterocycles. The van der Waals surface area contributed by atoms with E-state index in [1.807, 2.05) is 0 Å². The number of rotatable bonds is 5. The lowest BCUT2D eigenvalue weighted by Gasteiger charge is -2.35. The molecule has 0 aromatic heterocycles. The molecule has 4 atom stereocenters. The molecule has 2 N–H and O–H groups in total. The number of benzene rings is 2. The van der Waals surface area contributed by atoms with Crippen molar-refractivity contribution in [3.8, 4) is 0 Å². The van der Waals surface area contributed by atoms with Gasteiger partial charge in [-0.25, -0.2) is 26.4 Å². The van der Waals surface area contributed by atoms with Crippen LogP contribution in [0.2, 0.25) is 5.02 Å². The van der Waals surface area contributed by atoms with Crippen LogP contribution in [-0.2, 0) is 14.6 Å². The molecule has 2 saturated carbocycles. The largest absolute Gasteiger partial charge is 0.444 e. The molecule has 38 heavy (non-hydrogen) atoms. The minimum atomic E-state index is -3.98. The van der Waals surface area contributed by atoms with E-state index in [0.717, 1.165) is 6.07 Å². The third-order valence-corrected chi connectivity index (χ3v) is 9.71. The molecule has 2 aromatic carbocycles. The van der Waals surface area contributed by atoms with E-state index in [0.29, 0.717) is 37.8 Å². The summed E-state index contributed by atoms with van der Waals surface area (Å²) in [5, 5.41) is 4.28. The molecule has 2 amide bonds. The Morgan fingerprint density at radius 2 is 1.58 bits per heavy atom. The van der Waals surface area contributed by atoms with Crippen LogP contribution in [-0.4, -0.2) is 37.3 Å². The van der Waals surface area contributed by atoms with Crippen molar-refractivity contribution in [3.05, 3.63) is 58.4 Å². The van der Waals surface area contributed by atoms with Gasteiger partial charge < -0.3 is 15.4 Å². The fourth-order valence-corrected chi connectivity index (χ4v) is 8.28. The predicted octanol–water partition coefficient (Wildman–Crippen LogP) is 5.87. The van der Waals surface area contributed by atoms with Crippen molar-refractivity contribution in [2.24, 2.45) is 11.8 Å². The van der Waals surface area contributed by atoms with Gasteiger partial charge in [-0.3, -0.25) is 4.79 Å². The van der Waals surface area contributed by atoms with Gasteiger partial charge in [0.05, 0.1) is 15.2 Å². The molecule has 0 radical (unpaired) electrons. The normalized spacial score (nSPS) is 23.1. The molecule has 2 fully saturated rings. The lowest BCUT2D eigenvalue weighted by molar-refractivity contribution is 0.0483. The van der Waals surface area contributed by atoms with Crippen LogP contribution in [0.5, 0.6) is 0 Å². The van der Waals surface area contributed by atoms with Crippen molar-refractivity contribution in [3.63, 3.8) is 0 Å². The number of amides is 2. The third kappa shape index (κ3) is 5.93. The molecule has 3 unspecified atom stereocenters. The van der Waals surface area contributed by atoms with E-state index in [-0.39, 0.29) is 39.0 Å². The smallest absolute Gasteiger partial charge is 0.407 e. The van der Waals surface area contributed by atoms with Crippen LogP contribution in [0.15, 0.2) is 35.2 Å². The van der Waals surface area contributed by atoms with Crippen molar-refractivity contribution < 1.29 is 35.9 Å². The molecule has 0 spiro atoms. The highest BCUT2D eigenvalue weighted by Gasteiger charge is 2.50. The molecule has 2 aliphatic rings. The lowest BCUT2D eigenvalue weighted by atomic mass is 9.85. The monoisotopic (exact) mass is 572 g/mol. The van der Waals surface area contributed by atoms with E-state index in [1.165, 1.54) is 12.1 Å². The number of halogens is 4. The van der Waals surface area contributed by atoms with Crippen molar-refractivity contribution in [1.29, 1.82) is 0 Å². The molecule has 2 bridgehead atoms. The van der Waals surface area contributed by atoms with E-state index in [1.54, 1.807) is 20.8 Å². The highest BCUT2D eigenvalue weighted by molar-refractivity contribution is 7.92. The molecule has 2 aliphatic carbocycles. The maximum absolute atomic E-state index is 13.8. The van der Waals surface area contributed by atoms with E-state index in [2.05, 4.69) is 10.6 Å². The Kier molecular flexibility index (Phi) is 7.73. The Morgan fingerprint density at radius 1 is 1.00 bits per heavy atom. The molecule has 0 heterocycles. The first-order chi connectivity index (χ1) is 17.7.